The second-order valence-electron chi connectivity index (χ2n) is 5.39. The van der Waals surface area contributed by atoms with Crippen LogP contribution in [0.3, 0.4) is 0 Å². The minimum Gasteiger partial charge on any atom is -0.326 e. The molecule has 4 heteroatoms. The normalized spacial score (nSPS) is 25.1. The molecule has 2 unspecified atom stereocenters. The molecule has 1 fully saturated rings. The standard InChI is InChI=1S/C16H18N2O2/c17-9-11-5-1-2-6-12(11)10-18-15(19)13-7-3-4-8-14(13)16(18)20/h1-6,13-14H,7-10,17H2. The van der Waals surface area contributed by atoms with Crippen LogP contribution in [-0.4, -0.2) is 16.7 Å². The predicted octanol–water partition coefficient (Wildman–Crippen LogP) is 1.60. The van der Waals surface area contributed by atoms with Gasteiger partial charge in [-0.2, -0.15) is 0 Å². The summed E-state index contributed by atoms with van der Waals surface area (Å²) in [5, 5.41) is 0. The fourth-order valence-corrected chi connectivity index (χ4v) is 3.11. The fraction of sp³-hybridized carbons (Fsp3) is 0.375. The van der Waals surface area contributed by atoms with Gasteiger partial charge in [0.05, 0.1) is 18.4 Å². The van der Waals surface area contributed by atoms with E-state index in [9.17, 15) is 9.59 Å². The van der Waals surface area contributed by atoms with E-state index < -0.39 is 0 Å². The minimum absolute atomic E-state index is 0.0313. The summed E-state index contributed by atoms with van der Waals surface area (Å²) in [4.78, 5) is 26.2. The van der Waals surface area contributed by atoms with Gasteiger partial charge in [0.1, 0.15) is 0 Å². The lowest BCUT2D eigenvalue weighted by molar-refractivity contribution is -0.140. The van der Waals surface area contributed by atoms with E-state index in [0.717, 1.165) is 11.1 Å². The maximum Gasteiger partial charge on any atom is 0.233 e. The van der Waals surface area contributed by atoms with E-state index in [1.807, 2.05) is 36.4 Å². The molecule has 1 saturated heterocycles. The average Bonchev–Trinajstić information content (AvgIpc) is 2.73. The highest BCUT2D eigenvalue weighted by Crippen LogP contribution is 2.35. The molecule has 3 rings (SSSR count). The van der Waals surface area contributed by atoms with E-state index in [4.69, 9.17) is 5.73 Å². The zero-order valence-corrected chi connectivity index (χ0v) is 11.3. The Morgan fingerprint density at radius 3 is 2.10 bits per heavy atom. The number of rotatable bonds is 3. The monoisotopic (exact) mass is 270 g/mol. The Morgan fingerprint density at radius 2 is 1.55 bits per heavy atom. The first-order valence-electron chi connectivity index (χ1n) is 6.99. The molecule has 104 valence electrons. The number of allylic oxidation sites excluding steroid dienone is 2. The Bertz CT molecular complexity index is 554. The van der Waals surface area contributed by atoms with Crippen molar-refractivity contribution in [1.82, 2.24) is 4.90 Å². The fourth-order valence-electron chi connectivity index (χ4n) is 3.11. The summed E-state index contributed by atoms with van der Waals surface area (Å²) in [6.45, 7) is 0.763. The van der Waals surface area contributed by atoms with E-state index in [-0.39, 0.29) is 23.7 Å². The predicted molar refractivity (Wildman–Crippen MR) is 75.2 cm³/mol. The number of nitrogens with two attached hydrogens (primary N) is 1. The third-order valence-corrected chi connectivity index (χ3v) is 4.27. The largest absolute Gasteiger partial charge is 0.326 e. The highest BCUT2D eigenvalue weighted by Gasteiger charge is 2.47. The molecule has 0 spiro atoms. The van der Waals surface area contributed by atoms with Crippen LogP contribution in [0.15, 0.2) is 36.4 Å². The second kappa shape index (κ2) is 5.21. The molecule has 1 aliphatic carbocycles. The number of benzene rings is 1. The van der Waals surface area contributed by atoms with Crippen LogP contribution in [0.4, 0.5) is 0 Å². The van der Waals surface area contributed by atoms with Crippen LogP contribution < -0.4 is 5.73 Å². The van der Waals surface area contributed by atoms with Gasteiger partial charge in [0.15, 0.2) is 0 Å². The van der Waals surface area contributed by atoms with Crippen LogP contribution in [0.1, 0.15) is 24.0 Å². The second-order valence-corrected chi connectivity index (χ2v) is 5.39. The van der Waals surface area contributed by atoms with Crippen molar-refractivity contribution < 1.29 is 9.59 Å². The lowest BCUT2D eigenvalue weighted by Crippen LogP contribution is -2.31. The number of carbonyl (C=O) groups excluding carboxylic acids is 2. The van der Waals surface area contributed by atoms with Crippen molar-refractivity contribution in [2.45, 2.75) is 25.9 Å². The van der Waals surface area contributed by atoms with Crippen LogP contribution in [0.25, 0.3) is 0 Å². The Hall–Kier alpha value is -1.94. The van der Waals surface area contributed by atoms with Gasteiger partial charge in [-0.15, -0.1) is 0 Å². The molecule has 20 heavy (non-hydrogen) atoms. The molecule has 1 heterocycles. The van der Waals surface area contributed by atoms with Gasteiger partial charge in [-0.05, 0) is 24.0 Å². The first-order valence-corrected chi connectivity index (χ1v) is 6.99. The van der Waals surface area contributed by atoms with Crippen LogP contribution in [0, 0.1) is 11.8 Å². The summed E-state index contributed by atoms with van der Waals surface area (Å²) in [6.07, 6.45) is 5.38. The first-order chi connectivity index (χ1) is 9.72. The third kappa shape index (κ3) is 2.06. The molecule has 2 atom stereocenters. The van der Waals surface area contributed by atoms with Crippen LogP contribution in [0.5, 0.6) is 0 Å². The summed E-state index contributed by atoms with van der Waals surface area (Å²) >= 11 is 0. The molecule has 2 amide bonds. The molecule has 1 aromatic carbocycles. The van der Waals surface area contributed by atoms with Crippen LogP contribution in [0.2, 0.25) is 0 Å². The SMILES string of the molecule is NCc1ccccc1CN1C(=O)C2CC=CCC2C1=O. The van der Waals surface area contributed by atoms with Gasteiger partial charge in [-0.25, -0.2) is 0 Å². The number of carbonyl (C=O) groups is 2. The lowest BCUT2D eigenvalue weighted by Gasteiger charge is -2.16. The third-order valence-electron chi connectivity index (χ3n) is 4.27. The van der Waals surface area contributed by atoms with E-state index >= 15 is 0 Å². The maximum absolute atomic E-state index is 12.4. The Balaban J connectivity index is 1.85. The maximum atomic E-state index is 12.4. The highest BCUT2D eigenvalue weighted by molar-refractivity contribution is 6.05. The smallest absolute Gasteiger partial charge is 0.233 e. The summed E-state index contributed by atoms with van der Waals surface area (Å²) in [5.74, 6) is -0.373. The zero-order chi connectivity index (χ0) is 14.1. The van der Waals surface area contributed by atoms with Crippen molar-refractivity contribution in [3.05, 3.63) is 47.5 Å². The number of likely N-dealkylation sites (tertiary alicyclic amines) is 1. The molecular weight excluding hydrogens is 252 g/mol. The molecule has 0 radical (unpaired) electrons. The molecular formula is C16H18N2O2. The van der Waals surface area contributed by atoms with Crippen molar-refractivity contribution in [1.29, 1.82) is 0 Å². The van der Waals surface area contributed by atoms with Crippen molar-refractivity contribution >= 4 is 11.8 Å². The highest BCUT2D eigenvalue weighted by atomic mass is 16.2. The van der Waals surface area contributed by atoms with Crippen molar-refractivity contribution in [2.24, 2.45) is 17.6 Å². The number of hydrogen-bond acceptors (Lipinski definition) is 3. The zero-order valence-electron chi connectivity index (χ0n) is 11.3. The van der Waals surface area contributed by atoms with Gasteiger partial charge < -0.3 is 5.73 Å². The molecule has 0 aromatic heterocycles. The number of nitrogens with zero attached hydrogens (tertiary/aromatic N) is 1. The number of hydrogen-bond donors (Lipinski definition) is 1. The van der Waals surface area contributed by atoms with Crippen molar-refractivity contribution in [2.75, 3.05) is 0 Å². The number of fused-ring (bicyclic) bond motifs is 1. The van der Waals surface area contributed by atoms with Crippen molar-refractivity contribution in [3.8, 4) is 0 Å². The molecule has 0 saturated carbocycles. The Morgan fingerprint density at radius 1 is 1.00 bits per heavy atom. The summed E-state index contributed by atoms with van der Waals surface area (Å²) < 4.78 is 0. The molecule has 0 bridgehead atoms. The van der Waals surface area contributed by atoms with E-state index in [1.54, 1.807) is 0 Å². The Labute approximate surface area is 118 Å². The summed E-state index contributed by atoms with van der Waals surface area (Å²) in [6, 6.07) is 7.70. The van der Waals surface area contributed by atoms with Gasteiger partial charge in [-0.3, -0.25) is 14.5 Å². The number of imide groups is 1. The topological polar surface area (TPSA) is 63.4 Å². The number of amides is 2. The molecule has 4 nitrogen and oxygen atoms in total. The Kier molecular flexibility index (Phi) is 3.40. The summed E-state index contributed by atoms with van der Waals surface area (Å²) in [5.41, 5.74) is 7.66. The summed E-state index contributed by atoms with van der Waals surface area (Å²) in [7, 11) is 0. The molecule has 1 aliphatic heterocycles. The van der Waals surface area contributed by atoms with Crippen LogP contribution in [-0.2, 0) is 22.7 Å². The van der Waals surface area contributed by atoms with Gasteiger partial charge in [-0.1, -0.05) is 36.4 Å². The van der Waals surface area contributed by atoms with Gasteiger partial charge in [0, 0.05) is 6.54 Å². The van der Waals surface area contributed by atoms with E-state index in [0.29, 0.717) is 25.9 Å². The molecule has 2 aliphatic rings. The first kappa shape index (κ1) is 13.1. The van der Waals surface area contributed by atoms with Gasteiger partial charge in [0.25, 0.3) is 0 Å². The van der Waals surface area contributed by atoms with Crippen molar-refractivity contribution in [3.63, 3.8) is 0 Å². The quantitative estimate of drug-likeness (QED) is 0.670. The molecule has 2 N–H and O–H groups in total. The molecule has 1 aromatic rings. The average molecular weight is 270 g/mol. The minimum atomic E-state index is -0.155. The van der Waals surface area contributed by atoms with E-state index in [1.165, 1.54) is 4.90 Å². The lowest BCUT2D eigenvalue weighted by atomic mass is 9.85. The van der Waals surface area contributed by atoms with Crippen LogP contribution >= 0.6 is 0 Å². The van der Waals surface area contributed by atoms with E-state index in [2.05, 4.69) is 0 Å². The van der Waals surface area contributed by atoms with Gasteiger partial charge >= 0.3 is 0 Å². The van der Waals surface area contributed by atoms with Gasteiger partial charge in [0.2, 0.25) is 11.8 Å².